The van der Waals surface area contributed by atoms with Gasteiger partial charge in [-0.15, -0.1) is 0 Å². The second-order valence-electron chi connectivity index (χ2n) is 4.32. The summed E-state index contributed by atoms with van der Waals surface area (Å²) in [6.45, 7) is 0. The van der Waals surface area contributed by atoms with Crippen LogP contribution in [0, 0.1) is 0 Å². The predicted molar refractivity (Wildman–Crippen MR) is 84.9 cm³/mol. The van der Waals surface area contributed by atoms with E-state index in [0.717, 1.165) is 0 Å². The Hall–Kier alpha value is -3.30. The van der Waals surface area contributed by atoms with Crippen LogP contribution in [-0.2, 0) is 19.2 Å². The molecular weight excluding hydrogens is 320 g/mol. The van der Waals surface area contributed by atoms with Gasteiger partial charge in [-0.1, -0.05) is 0 Å². The molecule has 0 heterocycles. The number of amides is 4. The molecule has 1 aromatic rings. The fourth-order valence-electron chi connectivity index (χ4n) is 1.67. The highest BCUT2D eigenvalue weighted by molar-refractivity contribution is 6.41. The van der Waals surface area contributed by atoms with Gasteiger partial charge in [0, 0.05) is 26.2 Å². The highest BCUT2D eigenvalue weighted by Gasteiger charge is 2.20. The molecule has 10 nitrogen and oxygen atoms in total. The van der Waals surface area contributed by atoms with E-state index >= 15 is 0 Å². The lowest BCUT2D eigenvalue weighted by atomic mass is 10.2. The van der Waals surface area contributed by atoms with Crippen molar-refractivity contribution >= 4 is 35.0 Å². The van der Waals surface area contributed by atoms with E-state index in [2.05, 4.69) is 21.3 Å². The molecule has 0 aliphatic rings. The first-order valence-corrected chi connectivity index (χ1v) is 6.70. The minimum absolute atomic E-state index is 0.0542. The van der Waals surface area contributed by atoms with Gasteiger partial charge in [0.05, 0.1) is 25.6 Å². The second-order valence-corrected chi connectivity index (χ2v) is 4.32. The average Bonchev–Trinajstić information content (AvgIpc) is 2.60. The number of methoxy groups -OCH3 is 2. The SMILES string of the molecule is CNC(=O)C(=O)Nc1cc(OC)c(OC)cc1NC(=O)C(=O)NC. The van der Waals surface area contributed by atoms with Crippen LogP contribution in [0.5, 0.6) is 11.5 Å². The van der Waals surface area contributed by atoms with E-state index in [4.69, 9.17) is 9.47 Å². The third kappa shape index (κ3) is 4.35. The fourth-order valence-corrected chi connectivity index (χ4v) is 1.67. The van der Waals surface area contributed by atoms with Gasteiger partial charge in [-0.2, -0.15) is 0 Å². The molecule has 10 heteroatoms. The van der Waals surface area contributed by atoms with Gasteiger partial charge in [0.25, 0.3) is 0 Å². The number of ether oxygens (including phenoxy) is 2. The van der Waals surface area contributed by atoms with Crippen molar-refractivity contribution in [3.8, 4) is 11.5 Å². The van der Waals surface area contributed by atoms with Crippen LogP contribution in [0.25, 0.3) is 0 Å². The highest BCUT2D eigenvalue weighted by atomic mass is 16.5. The van der Waals surface area contributed by atoms with Gasteiger partial charge in [0.1, 0.15) is 0 Å². The standard InChI is InChI=1S/C14H18N4O6/c1-15-11(19)13(21)17-7-5-9(23-3)10(24-4)6-8(7)18-14(22)12(20)16-2/h5-6H,1-4H3,(H,15,19)(H,16,20)(H,17,21)(H,18,22). The van der Waals surface area contributed by atoms with Crippen LogP contribution in [0.2, 0.25) is 0 Å². The van der Waals surface area contributed by atoms with E-state index in [1.165, 1.54) is 40.4 Å². The molecule has 4 N–H and O–H groups in total. The second kappa shape index (κ2) is 8.36. The first-order chi connectivity index (χ1) is 11.4. The number of hydrogen-bond acceptors (Lipinski definition) is 6. The van der Waals surface area contributed by atoms with Crippen molar-refractivity contribution in [1.82, 2.24) is 10.6 Å². The molecule has 0 fully saturated rings. The molecule has 0 aliphatic carbocycles. The summed E-state index contributed by atoms with van der Waals surface area (Å²) >= 11 is 0. The Kier molecular flexibility index (Phi) is 6.53. The first-order valence-electron chi connectivity index (χ1n) is 6.70. The van der Waals surface area contributed by atoms with Gasteiger partial charge in [0.15, 0.2) is 11.5 Å². The van der Waals surface area contributed by atoms with Crippen LogP contribution >= 0.6 is 0 Å². The molecule has 24 heavy (non-hydrogen) atoms. The zero-order valence-electron chi connectivity index (χ0n) is 13.6. The molecule has 130 valence electrons. The number of likely N-dealkylation sites (N-methyl/N-ethyl adjacent to an activating group) is 2. The molecule has 0 bridgehead atoms. The minimum Gasteiger partial charge on any atom is -0.493 e. The number of nitrogens with one attached hydrogen (secondary N) is 4. The zero-order chi connectivity index (χ0) is 18.3. The van der Waals surface area contributed by atoms with Gasteiger partial charge < -0.3 is 30.7 Å². The topological polar surface area (TPSA) is 135 Å². The Labute approximate surface area is 137 Å². The number of carbonyl (C=O) groups is 4. The van der Waals surface area contributed by atoms with Crippen molar-refractivity contribution in [1.29, 1.82) is 0 Å². The molecular formula is C14H18N4O6. The normalized spacial score (nSPS) is 9.50. The van der Waals surface area contributed by atoms with Crippen LogP contribution in [0.1, 0.15) is 0 Å². The highest BCUT2D eigenvalue weighted by Crippen LogP contribution is 2.36. The lowest BCUT2D eigenvalue weighted by molar-refractivity contribution is -0.135. The van der Waals surface area contributed by atoms with Crippen molar-refractivity contribution in [3.63, 3.8) is 0 Å². The van der Waals surface area contributed by atoms with Gasteiger partial charge in [-0.3, -0.25) is 19.2 Å². The molecule has 1 aromatic carbocycles. The number of hydrogen-bond donors (Lipinski definition) is 4. The zero-order valence-corrected chi connectivity index (χ0v) is 13.6. The first kappa shape index (κ1) is 18.7. The van der Waals surface area contributed by atoms with Crippen LogP contribution in [0.3, 0.4) is 0 Å². The molecule has 0 atom stereocenters. The van der Waals surface area contributed by atoms with E-state index in [-0.39, 0.29) is 22.9 Å². The Morgan fingerprint density at radius 2 is 1.04 bits per heavy atom. The van der Waals surface area contributed by atoms with Gasteiger partial charge in [0.2, 0.25) is 0 Å². The Balaban J connectivity index is 3.26. The van der Waals surface area contributed by atoms with E-state index in [1.807, 2.05) is 0 Å². The largest absolute Gasteiger partial charge is 0.493 e. The summed E-state index contributed by atoms with van der Waals surface area (Å²) in [5, 5.41) is 8.96. The average molecular weight is 338 g/mol. The third-order valence-electron chi connectivity index (χ3n) is 2.89. The summed E-state index contributed by atoms with van der Waals surface area (Å²) in [5.74, 6) is -3.17. The summed E-state index contributed by atoms with van der Waals surface area (Å²) in [6.07, 6.45) is 0. The van der Waals surface area contributed by atoms with E-state index < -0.39 is 23.6 Å². The summed E-state index contributed by atoms with van der Waals surface area (Å²) in [7, 11) is 5.35. The molecule has 0 aromatic heterocycles. The van der Waals surface area contributed by atoms with Gasteiger partial charge >= 0.3 is 23.6 Å². The van der Waals surface area contributed by atoms with Crippen LogP contribution in [-0.4, -0.2) is 51.9 Å². The third-order valence-corrected chi connectivity index (χ3v) is 2.89. The number of benzene rings is 1. The number of rotatable bonds is 4. The monoisotopic (exact) mass is 338 g/mol. The van der Waals surface area contributed by atoms with Gasteiger partial charge in [-0.05, 0) is 0 Å². The van der Waals surface area contributed by atoms with Crippen molar-refractivity contribution < 1.29 is 28.7 Å². The fraction of sp³-hybridized carbons (Fsp3) is 0.286. The molecule has 1 rings (SSSR count). The Morgan fingerprint density at radius 3 is 1.29 bits per heavy atom. The van der Waals surface area contributed by atoms with Crippen molar-refractivity contribution in [2.45, 2.75) is 0 Å². The lowest BCUT2D eigenvalue weighted by Crippen LogP contribution is -2.34. The van der Waals surface area contributed by atoms with Crippen molar-refractivity contribution in [3.05, 3.63) is 12.1 Å². The quantitative estimate of drug-likeness (QED) is 0.524. The summed E-state index contributed by atoms with van der Waals surface area (Å²) in [4.78, 5) is 46.2. The van der Waals surface area contributed by atoms with E-state index in [9.17, 15) is 19.2 Å². The number of anilines is 2. The van der Waals surface area contributed by atoms with Crippen LogP contribution < -0.4 is 30.7 Å². The smallest absolute Gasteiger partial charge is 0.313 e. The van der Waals surface area contributed by atoms with E-state index in [0.29, 0.717) is 0 Å². The summed E-state index contributed by atoms with van der Waals surface area (Å²) < 4.78 is 10.2. The maximum Gasteiger partial charge on any atom is 0.313 e. The lowest BCUT2D eigenvalue weighted by Gasteiger charge is -2.15. The van der Waals surface area contributed by atoms with Crippen molar-refractivity contribution in [2.24, 2.45) is 0 Å². The molecule has 0 unspecified atom stereocenters. The van der Waals surface area contributed by atoms with E-state index in [1.54, 1.807) is 0 Å². The Morgan fingerprint density at radius 1 is 0.708 bits per heavy atom. The maximum absolute atomic E-state index is 11.7. The van der Waals surface area contributed by atoms with Crippen molar-refractivity contribution in [2.75, 3.05) is 38.9 Å². The summed E-state index contributed by atoms with van der Waals surface area (Å²) in [5.41, 5.74) is 0.108. The summed E-state index contributed by atoms with van der Waals surface area (Å²) in [6, 6.07) is 2.69. The molecule has 0 saturated carbocycles. The maximum atomic E-state index is 11.7. The van der Waals surface area contributed by atoms with Gasteiger partial charge in [-0.25, -0.2) is 0 Å². The number of carbonyl (C=O) groups excluding carboxylic acids is 4. The molecule has 4 amide bonds. The minimum atomic E-state index is -0.958. The molecule has 0 spiro atoms. The predicted octanol–water partition coefficient (Wildman–Crippen LogP) is -0.927. The van der Waals surface area contributed by atoms with Crippen LogP contribution in [0.15, 0.2) is 12.1 Å². The van der Waals surface area contributed by atoms with Crippen LogP contribution in [0.4, 0.5) is 11.4 Å². The Bertz CT molecular complexity index is 616. The molecule has 0 saturated heterocycles. The molecule has 0 radical (unpaired) electrons. The molecule has 0 aliphatic heterocycles.